The maximum atomic E-state index is 11.0. The van der Waals surface area contributed by atoms with Crippen LogP contribution in [0.2, 0.25) is 10.0 Å². The van der Waals surface area contributed by atoms with Crippen LogP contribution in [0.15, 0.2) is 36.4 Å². The molecule has 2 aromatic rings. The average Bonchev–Trinajstić information content (AvgIpc) is 2.95. The van der Waals surface area contributed by atoms with Gasteiger partial charge in [0.15, 0.2) is 0 Å². The minimum absolute atomic E-state index is 0.0444. The smallest absolute Gasteiger partial charge is 0.475 e. The third-order valence-corrected chi connectivity index (χ3v) is 6.81. The maximum absolute atomic E-state index is 11.0. The van der Waals surface area contributed by atoms with Crippen LogP contribution in [0, 0.1) is 20.2 Å². The number of ether oxygens (including phenoxy) is 3. The summed E-state index contributed by atoms with van der Waals surface area (Å²) in [6.45, 7) is 6.41. The first-order valence-electron chi connectivity index (χ1n) is 13.1. The van der Waals surface area contributed by atoms with Crippen LogP contribution in [0.3, 0.4) is 0 Å². The molecular formula is C26H31Cl2F3N4O9. The van der Waals surface area contributed by atoms with Gasteiger partial charge in [0, 0.05) is 63.5 Å². The van der Waals surface area contributed by atoms with E-state index in [-0.39, 0.29) is 11.4 Å². The monoisotopic (exact) mass is 670 g/mol. The SMILES string of the molecule is O=C(O)C(F)(F)F.O=[N+]([O-])c1ccc(CN2CCOCCOCCN(Cc3ccc([N+](=O)[O-])cc3Cl)CCOCC2)c(Cl)c1. The predicted molar refractivity (Wildman–Crippen MR) is 153 cm³/mol. The molecule has 13 nitrogen and oxygen atoms in total. The number of hydrogen-bond acceptors (Lipinski definition) is 10. The molecule has 18 heteroatoms. The van der Waals surface area contributed by atoms with Gasteiger partial charge >= 0.3 is 12.1 Å². The van der Waals surface area contributed by atoms with Gasteiger partial charge in [0.25, 0.3) is 11.4 Å². The lowest BCUT2D eigenvalue weighted by molar-refractivity contribution is -0.385. The third-order valence-electron chi connectivity index (χ3n) is 6.10. The fourth-order valence-corrected chi connectivity index (χ4v) is 4.25. The number of aliphatic carboxylic acids is 1. The summed E-state index contributed by atoms with van der Waals surface area (Å²) >= 11 is 12.6. The van der Waals surface area contributed by atoms with Gasteiger partial charge in [0.05, 0.1) is 59.5 Å². The van der Waals surface area contributed by atoms with Crippen LogP contribution < -0.4 is 0 Å². The summed E-state index contributed by atoms with van der Waals surface area (Å²) in [6, 6.07) is 8.97. The third kappa shape index (κ3) is 13.7. The number of alkyl halides is 3. The van der Waals surface area contributed by atoms with Gasteiger partial charge in [-0.25, -0.2) is 4.79 Å². The molecule has 0 saturated carbocycles. The topological polar surface area (TPSA) is 158 Å². The fraction of sp³-hybridized carbons (Fsp3) is 0.500. The van der Waals surface area contributed by atoms with Crippen LogP contribution in [0.4, 0.5) is 24.5 Å². The van der Waals surface area contributed by atoms with Crippen LogP contribution in [0.25, 0.3) is 0 Å². The van der Waals surface area contributed by atoms with E-state index in [1.54, 1.807) is 12.1 Å². The van der Waals surface area contributed by atoms with Gasteiger partial charge in [0.2, 0.25) is 0 Å². The van der Waals surface area contributed by atoms with Crippen molar-refractivity contribution in [3.63, 3.8) is 0 Å². The Balaban J connectivity index is 0.000000860. The Morgan fingerprint density at radius 2 is 1.07 bits per heavy atom. The first-order valence-corrected chi connectivity index (χ1v) is 13.9. The van der Waals surface area contributed by atoms with E-state index in [9.17, 15) is 33.4 Å². The normalized spacial score (nSPS) is 16.6. The number of benzene rings is 2. The number of carbonyl (C=O) groups is 1. The number of carboxylic acids is 1. The van der Waals surface area contributed by atoms with E-state index in [1.807, 2.05) is 0 Å². The van der Waals surface area contributed by atoms with Crippen LogP contribution in [-0.2, 0) is 32.1 Å². The standard InChI is InChI=1S/C24H30Cl2N4O7.C2HF3O2/c25-23-15-21(29(31)32)3-1-19(23)17-27-5-9-35-10-6-28(8-12-37-14-13-36-11-7-27)18-20-2-4-22(30(33)34)16-24(20)26;3-2(4,5)1(6)7/h1-4,15-16H,5-14,17-18H2;(H,6,7). The number of nitro groups is 2. The summed E-state index contributed by atoms with van der Waals surface area (Å²) in [6.07, 6.45) is -5.08. The highest BCUT2D eigenvalue weighted by Gasteiger charge is 2.38. The summed E-state index contributed by atoms with van der Waals surface area (Å²) in [4.78, 5) is 34.2. The summed E-state index contributed by atoms with van der Waals surface area (Å²) in [5, 5.41) is 29.8. The largest absolute Gasteiger partial charge is 0.490 e. The molecule has 1 heterocycles. The van der Waals surface area contributed by atoms with Gasteiger partial charge in [-0.3, -0.25) is 30.0 Å². The average molecular weight is 671 g/mol. The molecule has 1 saturated heterocycles. The quantitative estimate of drug-likeness (QED) is 0.332. The lowest BCUT2D eigenvalue weighted by Crippen LogP contribution is -2.33. The molecule has 3 rings (SSSR count). The van der Waals surface area contributed by atoms with Crippen molar-refractivity contribution >= 4 is 40.5 Å². The molecule has 0 aromatic heterocycles. The fourth-order valence-electron chi connectivity index (χ4n) is 3.78. The molecule has 0 bridgehead atoms. The van der Waals surface area contributed by atoms with Gasteiger partial charge in [-0.15, -0.1) is 0 Å². The minimum atomic E-state index is -5.08. The van der Waals surface area contributed by atoms with Crippen molar-refractivity contribution in [2.45, 2.75) is 19.3 Å². The zero-order chi connectivity index (χ0) is 32.7. The van der Waals surface area contributed by atoms with Crippen LogP contribution >= 0.6 is 23.2 Å². The number of hydrogen-bond donors (Lipinski definition) is 1. The molecule has 0 amide bonds. The molecule has 1 aliphatic heterocycles. The Bertz CT molecular complexity index is 1180. The van der Waals surface area contributed by atoms with E-state index in [1.165, 1.54) is 24.3 Å². The lowest BCUT2D eigenvalue weighted by Gasteiger charge is -2.24. The first kappa shape index (κ1) is 37.1. The van der Waals surface area contributed by atoms with Crippen molar-refractivity contribution in [3.8, 4) is 0 Å². The first-order chi connectivity index (χ1) is 20.8. The van der Waals surface area contributed by atoms with Crippen molar-refractivity contribution in [1.82, 2.24) is 9.80 Å². The van der Waals surface area contributed by atoms with Gasteiger partial charge < -0.3 is 19.3 Å². The summed E-state index contributed by atoms with van der Waals surface area (Å²) in [5.41, 5.74) is 1.49. The van der Waals surface area contributed by atoms with E-state index < -0.39 is 22.0 Å². The van der Waals surface area contributed by atoms with Gasteiger partial charge in [-0.2, -0.15) is 13.2 Å². The van der Waals surface area contributed by atoms with Crippen molar-refractivity contribution in [3.05, 3.63) is 77.8 Å². The maximum Gasteiger partial charge on any atom is 0.490 e. The summed E-state index contributed by atoms with van der Waals surface area (Å²) < 4.78 is 49.1. The molecule has 1 N–H and O–H groups in total. The number of rotatable bonds is 6. The van der Waals surface area contributed by atoms with Crippen molar-refractivity contribution in [2.24, 2.45) is 0 Å². The molecular weight excluding hydrogens is 640 g/mol. The Labute approximate surface area is 260 Å². The number of nitro benzene ring substituents is 2. The number of halogens is 5. The minimum Gasteiger partial charge on any atom is -0.475 e. The predicted octanol–water partition coefficient (Wildman–Crippen LogP) is 4.81. The van der Waals surface area contributed by atoms with Crippen molar-refractivity contribution < 1.29 is 47.1 Å². The Morgan fingerprint density at radius 3 is 1.34 bits per heavy atom. The van der Waals surface area contributed by atoms with Crippen LogP contribution in [0.1, 0.15) is 11.1 Å². The molecule has 0 atom stereocenters. The van der Waals surface area contributed by atoms with Crippen LogP contribution in [0.5, 0.6) is 0 Å². The Morgan fingerprint density at radius 1 is 0.750 bits per heavy atom. The second kappa shape index (κ2) is 18.6. The Hall–Kier alpha value is -3.12. The highest BCUT2D eigenvalue weighted by atomic mass is 35.5. The zero-order valence-electron chi connectivity index (χ0n) is 23.3. The lowest BCUT2D eigenvalue weighted by atomic mass is 10.2. The van der Waals surface area contributed by atoms with Crippen molar-refractivity contribution in [2.75, 3.05) is 65.8 Å². The molecule has 44 heavy (non-hydrogen) atoms. The molecule has 0 aliphatic carbocycles. The van der Waals surface area contributed by atoms with E-state index in [4.69, 9.17) is 47.3 Å². The van der Waals surface area contributed by atoms with Crippen LogP contribution in [-0.4, -0.2) is 103 Å². The number of carboxylic acid groups (broad SMARTS) is 1. The zero-order valence-corrected chi connectivity index (χ0v) is 24.9. The van der Waals surface area contributed by atoms with E-state index in [0.29, 0.717) is 89.0 Å². The molecule has 2 aromatic carbocycles. The van der Waals surface area contributed by atoms with E-state index in [0.717, 1.165) is 11.1 Å². The molecule has 1 aliphatic rings. The van der Waals surface area contributed by atoms with E-state index in [2.05, 4.69) is 9.80 Å². The van der Waals surface area contributed by atoms with Gasteiger partial charge in [-0.1, -0.05) is 23.2 Å². The number of nitrogens with zero attached hydrogens (tertiary/aromatic N) is 4. The van der Waals surface area contributed by atoms with E-state index >= 15 is 0 Å². The molecule has 0 radical (unpaired) electrons. The van der Waals surface area contributed by atoms with Gasteiger partial charge in [-0.05, 0) is 23.3 Å². The van der Waals surface area contributed by atoms with Crippen molar-refractivity contribution in [1.29, 1.82) is 0 Å². The Kier molecular flexibility index (Phi) is 15.7. The number of non-ortho nitro benzene ring substituents is 2. The highest BCUT2D eigenvalue weighted by Crippen LogP contribution is 2.25. The second-order valence-electron chi connectivity index (χ2n) is 9.26. The molecule has 0 unspecified atom stereocenters. The summed E-state index contributed by atoms with van der Waals surface area (Å²) in [5.74, 6) is -2.76. The molecule has 244 valence electrons. The molecule has 0 spiro atoms. The van der Waals surface area contributed by atoms with Gasteiger partial charge in [0.1, 0.15) is 0 Å². The summed E-state index contributed by atoms with van der Waals surface area (Å²) in [7, 11) is 0. The highest BCUT2D eigenvalue weighted by molar-refractivity contribution is 6.31. The molecule has 1 fully saturated rings. The second-order valence-corrected chi connectivity index (χ2v) is 10.1.